The highest BCUT2D eigenvalue weighted by Gasteiger charge is 2.25. The SMILES string of the molecule is CC1CN(CC2CCC(N)C2)CCO1. The molecule has 3 heteroatoms. The lowest BCUT2D eigenvalue weighted by Gasteiger charge is -2.32. The molecule has 1 saturated carbocycles. The molecule has 14 heavy (non-hydrogen) atoms. The van der Waals surface area contributed by atoms with Gasteiger partial charge in [0.1, 0.15) is 0 Å². The molecule has 0 bridgehead atoms. The molecule has 0 spiro atoms. The fourth-order valence-electron chi connectivity index (χ4n) is 2.70. The van der Waals surface area contributed by atoms with Crippen LogP contribution in [0.15, 0.2) is 0 Å². The van der Waals surface area contributed by atoms with Crippen LogP contribution in [0, 0.1) is 5.92 Å². The molecule has 2 N–H and O–H groups in total. The molecule has 2 rings (SSSR count). The molecular weight excluding hydrogens is 176 g/mol. The third-order valence-electron chi connectivity index (χ3n) is 3.42. The Morgan fingerprint density at radius 3 is 2.93 bits per heavy atom. The lowest BCUT2D eigenvalue weighted by Crippen LogP contribution is -2.43. The van der Waals surface area contributed by atoms with Crippen molar-refractivity contribution in [1.82, 2.24) is 4.90 Å². The average molecular weight is 198 g/mol. The molecule has 1 heterocycles. The van der Waals surface area contributed by atoms with Crippen molar-refractivity contribution >= 4 is 0 Å². The van der Waals surface area contributed by atoms with Gasteiger partial charge in [0, 0.05) is 25.7 Å². The van der Waals surface area contributed by atoms with Crippen molar-refractivity contribution in [3.05, 3.63) is 0 Å². The number of ether oxygens (including phenoxy) is 1. The van der Waals surface area contributed by atoms with Gasteiger partial charge < -0.3 is 10.5 Å². The fraction of sp³-hybridized carbons (Fsp3) is 1.00. The van der Waals surface area contributed by atoms with E-state index >= 15 is 0 Å². The van der Waals surface area contributed by atoms with Gasteiger partial charge in [-0.15, -0.1) is 0 Å². The lowest BCUT2D eigenvalue weighted by molar-refractivity contribution is -0.0228. The van der Waals surface area contributed by atoms with Crippen LogP contribution in [0.3, 0.4) is 0 Å². The first-order valence-electron chi connectivity index (χ1n) is 5.83. The monoisotopic (exact) mass is 198 g/mol. The van der Waals surface area contributed by atoms with Crippen molar-refractivity contribution in [3.8, 4) is 0 Å². The van der Waals surface area contributed by atoms with Crippen LogP contribution in [-0.4, -0.2) is 43.3 Å². The number of morpholine rings is 1. The topological polar surface area (TPSA) is 38.5 Å². The Balaban J connectivity index is 1.74. The van der Waals surface area contributed by atoms with Gasteiger partial charge >= 0.3 is 0 Å². The van der Waals surface area contributed by atoms with E-state index in [0.29, 0.717) is 12.1 Å². The first-order valence-corrected chi connectivity index (χ1v) is 5.83. The van der Waals surface area contributed by atoms with E-state index in [9.17, 15) is 0 Å². The van der Waals surface area contributed by atoms with Crippen molar-refractivity contribution in [2.75, 3.05) is 26.2 Å². The number of nitrogens with zero attached hydrogens (tertiary/aromatic N) is 1. The summed E-state index contributed by atoms with van der Waals surface area (Å²) in [4.78, 5) is 2.54. The number of hydrogen-bond acceptors (Lipinski definition) is 3. The summed E-state index contributed by atoms with van der Waals surface area (Å²) in [6.07, 6.45) is 4.20. The molecule has 1 aliphatic heterocycles. The Morgan fingerprint density at radius 2 is 2.29 bits per heavy atom. The van der Waals surface area contributed by atoms with E-state index < -0.39 is 0 Å². The summed E-state index contributed by atoms with van der Waals surface area (Å²) in [5, 5.41) is 0. The summed E-state index contributed by atoms with van der Waals surface area (Å²) in [6.45, 7) is 6.51. The number of nitrogens with two attached hydrogens (primary N) is 1. The van der Waals surface area contributed by atoms with Crippen LogP contribution in [0.4, 0.5) is 0 Å². The van der Waals surface area contributed by atoms with Gasteiger partial charge in [-0.2, -0.15) is 0 Å². The zero-order chi connectivity index (χ0) is 9.97. The molecule has 0 radical (unpaired) electrons. The molecular formula is C11H22N2O. The molecule has 0 aromatic rings. The highest BCUT2D eigenvalue weighted by molar-refractivity contribution is 4.81. The van der Waals surface area contributed by atoms with E-state index in [1.54, 1.807) is 0 Å². The maximum absolute atomic E-state index is 5.91. The summed E-state index contributed by atoms with van der Waals surface area (Å²) in [5.74, 6) is 0.843. The molecule has 2 fully saturated rings. The smallest absolute Gasteiger partial charge is 0.0674 e. The van der Waals surface area contributed by atoms with E-state index in [2.05, 4.69) is 11.8 Å². The van der Waals surface area contributed by atoms with Crippen LogP contribution in [0.1, 0.15) is 26.2 Å². The second kappa shape index (κ2) is 4.60. The molecule has 3 atom stereocenters. The van der Waals surface area contributed by atoms with Crippen LogP contribution in [0.2, 0.25) is 0 Å². The summed E-state index contributed by atoms with van der Waals surface area (Å²) in [6, 6.07) is 0.471. The van der Waals surface area contributed by atoms with Gasteiger partial charge in [0.15, 0.2) is 0 Å². The fourth-order valence-corrected chi connectivity index (χ4v) is 2.70. The first kappa shape index (κ1) is 10.4. The number of hydrogen-bond donors (Lipinski definition) is 1. The Morgan fingerprint density at radius 1 is 1.43 bits per heavy atom. The van der Waals surface area contributed by atoms with E-state index in [1.165, 1.54) is 25.8 Å². The van der Waals surface area contributed by atoms with Crippen molar-refractivity contribution in [1.29, 1.82) is 0 Å². The normalized spacial score (nSPS) is 40.3. The molecule has 3 unspecified atom stereocenters. The minimum Gasteiger partial charge on any atom is -0.376 e. The largest absolute Gasteiger partial charge is 0.376 e. The summed E-state index contributed by atoms with van der Waals surface area (Å²) in [5.41, 5.74) is 5.91. The van der Waals surface area contributed by atoms with Crippen molar-refractivity contribution in [2.24, 2.45) is 11.7 Å². The van der Waals surface area contributed by atoms with E-state index in [-0.39, 0.29) is 0 Å². The zero-order valence-electron chi connectivity index (χ0n) is 9.11. The second-order valence-electron chi connectivity index (χ2n) is 4.88. The quantitative estimate of drug-likeness (QED) is 0.714. The molecule has 2 aliphatic rings. The molecule has 0 aromatic heterocycles. The maximum Gasteiger partial charge on any atom is 0.0674 e. The van der Waals surface area contributed by atoms with Gasteiger partial charge in [-0.1, -0.05) is 0 Å². The van der Waals surface area contributed by atoms with E-state index in [4.69, 9.17) is 10.5 Å². The average Bonchev–Trinajstić information content (AvgIpc) is 2.51. The van der Waals surface area contributed by atoms with Crippen LogP contribution in [-0.2, 0) is 4.74 Å². The Kier molecular flexibility index (Phi) is 3.42. The van der Waals surface area contributed by atoms with Gasteiger partial charge in [0.2, 0.25) is 0 Å². The molecule has 0 amide bonds. The van der Waals surface area contributed by atoms with Crippen molar-refractivity contribution in [3.63, 3.8) is 0 Å². The highest BCUT2D eigenvalue weighted by atomic mass is 16.5. The molecule has 0 aromatic carbocycles. The Hall–Kier alpha value is -0.120. The van der Waals surface area contributed by atoms with Gasteiger partial charge in [-0.25, -0.2) is 0 Å². The van der Waals surface area contributed by atoms with Gasteiger partial charge in [0.25, 0.3) is 0 Å². The molecule has 3 nitrogen and oxygen atoms in total. The van der Waals surface area contributed by atoms with Gasteiger partial charge in [0.05, 0.1) is 12.7 Å². The van der Waals surface area contributed by atoms with Gasteiger partial charge in [-0.05, 0) is 32.1 Å². The zero-order valence-corrected chi connectivity index (χ0v) is 9.11. The van der Waals surface area contributed by atoms with Crippen molar-refractivity contribution in [2.45, 2.75) is 38.3 Å². The second-order valence-corrected chi connectivity index (χ2v) is 4.88. The third-order valence-corrected chi connectivity index (χ3v) is 3.42. The molecule has 82 valence electrons. The first-order chi connectivity index (χ1) is 6.74. The predicted octanol–water partition coefficient (Wildman–Crippen LogP) is 0.834. The van der Waals surface area contributed by atoms with Crippen LogP contribution >= 0.6 is 0 Å². The maximum atomic E-state index is 5.91. The standard InChI is InChI=1S/C11H22N2O/c1-9-7-13(4-5-14-9)8-10-2-3-11(12)6-10/h9-11H,2-8,12H2,1H3. The van der Waals surface area contributed by atoms with E-state index in [0.717, 1.165) is 25.6 Å². The lowest BCUT2D eigenvalue weighted by atomic mass is 10.1. The van der Waals surface area contributed by atoms with Crippen molar-refractivity contribution < 1.29 is 4.74 Å². The predicted molar refractivity (Wildman–Crippen MR) is 57.2 cm³/mol. The minimum absolute atomic E-state index is 0.416. The highest BCUT2D eigenvalue weighted by Crippen LogP contribution is 2.25. The van der Waals surface area contributed by atoms with Gasteiger partial charge in [-0.3, -0.25) is 4.90 Å². The summed E-state index contributed by atoms with van der Waals surface area (Å²) in [7, 11) is 0. The minimum atomic E-state index is 0.416. The Bertz CT molecular complexity index is 186. The number of rotatable bonds is 2. The molecule has 1 aliphatic carbocycles. The van der Waals surface area contributed by atoms with Crippen LogP contribution < -0.4 is 5.73 Å². The molecule has 1 saturated heterocycles. The van der Waals surface area contributed by atoms with E-state index in [1.807, 2.05) is 0 Å². The summed E-state index contributed by atoms with van der Waals surface area (Å²) < 4.78 is 5.53. The van der Waals surface area contributed by atoms with Crippen LogP contribution in [0.25, 0.3) is 0 Å². The van der Waals surface area contributed by atoms with Crippen LogP contribution in [0.5, 0.6) is 0 Å². The Labute approximate surface area is 86.6 Å². The third kappa shape index (κ3) is 2.69. The summed E-state index contributed by atoms with van der Waals surface area (Å²) >= 11 is 0.